The summed E-state index contributed by atoms with van der Waals surface area (Å²) < 4.78 is 0. The molecule has 0 atom stereocenters. The minimum Gasteiger partial charge on any atom is -0.367 e. The Hall–Kier alpha value is -2.72. The lowest BCUT2D eigenvalue weighted by molar-refractivity contribution is -0.139. The Morgan fingerprint density at radius 3 is 2.76 bits per heavy atom. The first-order valence-electron chi connectivity index (χ1n) is 10.2. The number of hydrogen-bond donors (Lipinski definition) is 0. The SMILES string of the molecule is Cc1nc(C2=Cc3c(N4CCN(C(=O)C5CC(C#N)C5)CC4)ccnc3C2)cs1. The molecule has 2 aromatic heterocycles. The number of aromatic nitrogens is 2. The van der Waals surface area contributed by atoms with Crippen LogP contribution in [0.15, 0.2) is 17.6 Å². The van der Waals surface area contributed by atoms with Crippen molar-refractivity contribution in [3.05, 3.63) is 39.6 Å². The third-order valence-electron chi connectivity index (χ3n) is 6.28. The van der Waals surface area contributed by atoms with E-state index in [1.807, 2.05) is 18.0 Å². The molecule has 3 aliphatic rings. The fraction of sp³-hybridized carbons (Fsp3) is 0.455. The summed E-state index contributed by atoms with van der Waals surface area (Å²) in [6, 6.07) is 4.35. The van der Waals surface area contributed by atoms with Gasteiger partial charge in [0.1, 0.15) is 0 Å². The van der Waals surface area contributed by atoms with E-state index in [9.17, 15) is 4.79 Å². The second kappa shape index (κ2) is 7.27. The van der Waals surface area contributed by atoms with Gasteiger partial charge in [0.2, 0.25) is 5.91 Å². The fourth-order valence-corrected chi connectivity index (χ4v) is 5.15. The van der Waals surface area contributed by atoms with Crippen LogP contribution in [0.5, 0.6) is 0 Å². The predicted molar refractivity (Wildman–Crippen MR) is 113 cm³/mol. The summed E-state index contributed by atoms with van der Waals surface area (Å²) in [5, 5.41) is 12.1. The maximum absolute atomic E-state index is 12.6. The number of carbonyl (C=O) groups excluding carboxylic acids is 1. The van der Waals surface area contributed by atoms with Crippen LogP contribution in [0.4, 0.5) is 5.69 Å². The molecule has 1 saturated heterocycles. The first kappa shape index (κ1) is 18.3. The molecular formula is C22H23N5OS. The third-order valence-corrected chi connectivity index (χ3v) is 7.05. The van der Waals surface area contributed by atoms with Gasteiger partial charge in [0.25, 0.3) is 0 Å². The molecule has 0 unspecified atom stereocenters. The summed E-state index contributed by atoms with van der Waals surface area (Å²) in [6.07, 6.45) is 6.42. The molecule has 5 rings (SSSR count). The molecule has 1 amide bonds. The van der Waals surface area contributed by atoms with E-state index in [1.54, 1.807) is 11.3 Å². The Bertz CT molecular complexity index is 1020. The van der Waals surface area contributed by atoms with E-state index in [-0.39, 0.29) is 17.7 Å². The first-order valence-corrected chi connectivity index (χ1v) is 11.0. The Balaban J connectivity index is 1.28. The minimum absolute atomic E-state index is 0.0587. The van der Waals surface area contributed by atoms with Gasteiger partial charge in [-0.15, -0.1) is 11.3 Å². The van der Waals surface area contributed by atoms with Crippen molar-refractivity contribution >= 4 is 34.6 Å². The second-order valence-corrected chi connectivity index (χ2v) is 9.16. The van der Waals surface area contributed by atoms with Gasteiger partial charge in [-0.25, -0.2) is 4.98 Å². The summed E-state index contributed by atoms with van der Waals surface area (Å²) in [4.78, 5) is 26.2. The van der Waals surface area contributed by atoms with Crippen LogP contribution in [-0.4, -0.2) is 47.0 Å². The van der Waals surface area contributed by atoms with Crippen molar-refractivity contribution in [2.75, 3.05) is 31.1 Å². The third kappa shape index (κ3) is 3.32. The van der Waals surface area contributed by atoms with E-state index >= 15 is 0 Å². The second-order valence-electron chi connectivity index (χ2n) is 8.10. The molecule has 2 aromatic rings. The van der Waals surface area contributed by atoms with Crippen LogP contribution in [-0.2, 0) is 11.2 Å². The number of piperazine rings is 1. The van der Waals surface area contributed by atoms with Crippen LogP contribution < -0.4 is 4.90 Å². The molecule has 29 heavy (non-hydrogen) atoms. The monoisotopic (exact) mass is 405 g/mol. The number of anilines is 1. The Morgan fingerprint density at radius 2 is 2.07 bits per heavy atom. The highest BCUT2D eigenvalue weighted by Crippen LogP contribution is 2.37. The van der Waals surface area contributed by atoms with Gasteiger partial charge in [0.15, 0.2) is 0 Å². The summed E-state index contributed by atoms with van der Waals surface area (Å²) >= 11 is 1.68. The molecule has 1 saturated carbocycles. The Kier molecular flexibility index (Phi) is 4.59. The maximum Gasteiger partial charge on any atom is 0.225 e. The quantitative estimate of drug-likeness (QED) is 0.784. The number of rotatable bonds is 3. The minimum atomic E-state index is 0.0587. The number of thiazole rings is 1. The smallest absolute Gasteiger partial charge is 0.225 e. The average molecular weight is 406 g/mol. The van der Waals surface area contributed by atoms with Gasteiger partial charge < -0.3 is 9.80 Å². The van der Waals surface area contributed by atoms with Crippen molar-refractivity contribution in [1.29, 1.82) is 5.26 Å². The van der Waals surface area contributed by atoms with Gasteiger partial charge in [-0.05, 0) is 37.5 Å². The molecule has 0 spiro atoms. The highest BCUT2D eigenvalue weighted by Gasteiger charge is 2.37. The van der Waals surface area contributed by atoms with Crippen molar-refractivity contribution in [2.45, 2.75) is 26.2 Å². The standard InChI is InChI=1S/C22H23N5OS/c1-14-25-20(13-29-14)16-10-18-19(11-16)24-3-2-21(18)26-4-6-27(7-5-26)22(28)17-8-15(9-17)12-23/h2-3,10,13,15,17H,4-9,11H2,1H3. The molecule has 2 aliphatic carbocycles. The molecule has 0 N–H and O–H groups in total. The van der Waals surface area contributed by atoms with E-state index in [4.69, 9.17) is 5.26 Å². The number of carbonyl (C=O) groups is 1. The van der Waals surface area contributed by atoms with E-state index in [2.05, 4.69) is 38.5 Å². The lowest BCUT2D eigenvalue weighted by atomic mass is 9.75. The number of amides is 1. The normalized spacial score (nSPS) is 23.2. The highest BCUT2D eigenvalue weighted by molar-refractivity contribution is 7.09. The first-order chi connectivity index (χ1) is 14.1. The number of hydrogen-bond acceptors (Lipinski definition) is 6. The van der Waals surface area contributed by atoms with Gasteiger partial charge >= 0.3 is 0 Å². The molecule has 0 radical (unpaired) electrons. The van der Waals surface area contributed by atoms with Crippen LogP contribution in [0.1, 0.15) is 34.8 Å². The molecule has 6 nitrogen and oxygen atoms in total. The van der Waals surface area contributed by atoms with Crippen molar-refractivity contribution in [2.24, 2.45) is 11.8 Å². The van der Waals surface area contributed by atoms with Crippen molar-refractivity contribution in [3.63, 3.8) is 0 Å². The zero-order valence-corrected chi connectivity index (χ0v) is 17.3. The number of aryl methyl sites for hydroxylation is 1. The molecule has 148 valence electrons. The van der Waals surface area contributed by atoms with Crippen LogP contribution in [0.25, 0.3) is 11.6 Å². The van der Waals surface area contributed by atoms with Gasteiger partial charge in [0.05, 0.1) is 22.5 Å². The van der Waals surface area contributed by atoms with Crippen LogP contribution in [0, 0.1) is 30.1 Å². The van der Waals surface area contributed by atoms with E-state index < -0.39 is 0 Å². The number of pyridine rings is 1. The zero-order valence-electron chi connectivity index (χ0n) is 16.5. The summed E-state index contributed by atoms with van der Waals surface area (Å²) in [5.41, 5.74) is 5.80. The summed E-state index contributed by atoms with van der Waals surface area (Å²) in [7, 11) is 0. The molecule has 0 aromatic carbocycles. The molecule has 3 heterocycles. The summed E-state index contributed by atoms with van der Waals surface area (Å²) in [5.74, 6) is 0.368. The van der Waals surface area contributed by atoms with E-state index in [1.165, 1.54) is 16.8 Å². The molecule has 7 heteroatoms. The molecular weight excluding hydrogens is 382 g/mol. The van der Waals surface area contributed by atoms with Crippen molar-refractivity contribution in [3.8, 4) is 6.07 Å². The van der Waals surface area contributed by atoms with Crippen LogP contribution in [0.2, 0.25) is 0 Å². The van der Waals surface area contributed by atoms with Crippen LogP contribution >= 0.6 is 11.3 Å². The molecule has 0 bridgehead atoms. The van der Waals surface area contributed by atoms with Gasteiger partial charge in [-0.1, -0.05) is 0 Å². The molecule has 1 aliphatic heterocycles. The lowest BCUT2D eigenvalue weighted by Gasteiger charge is -2.40. The van der Waals surface area contributed by atoms with Crippen molar-refractivity contribution < 1.29 is 4.79 Å². The number of nitrogens with zero attached hydrogens (tertiary/aromatic N) is 5. The predicted octanol–water partition coefficient (Wildman–Crippen LogP) is 3.14. The van der Waals surface area contributed by atoms with E-state index in [0.29, 0.717) is 0 Å². The van der Waals surface area contributed by atoms with Gasteiger partial charge in [-0.3, -0.25) is 9.78 Å². The largest absolute Gasteiger partial charge is 0.367 e. The summed E-state index contributed by atoms with van der Waals surface area (Å²) in [6.45, 7) is 5.17. The van der Waals surface area contributed by atoms with Crippen molar-refractivity contribution in [1.82, 2.24) is 14.9 Å². The highest BCUT2D eigenvalue weighted by atomic mass is 32.1. The van der Waals surface area contributed by atoms with E-state index in [0.717, 1.165) is 61.8 Å². The Labute approximate surface area is 174 Å². The number of nitriles is 1. The maximum atomic E-state index is 12.6. The lowest BCUT2D eigenvalue weighted by Crippen LogP contribution is -2.52. The zero-order chi connectivity index (χ0) is 20.0. The topological polar surface area (TPSA) is 73.1 Å². The number of fused-ring (bicyclic) bond motifs is 1. The number of allylic oxidation sites excluding steroid dienone is 1. The van der Waals surface area contributed by atoms with Gasteiger partial charge in [-0.2, -0.15) is 5.26 Å². The van der Waals surface area contributed by atoms with Gasteiger partial charge in [0, 0.05) is 67.3 Å². The molecule has 2 fully saturated rings. The van der Waals surface area contributed by atoms with Crippen LogP contribution in [0.3, 0.4) is 0 Å². The Morgan fingerprint density at radius 1 is 1.28 bits per heavy atom. The fourth-order valence-electron chi connectivity index (χ4n) is 4.51. The average Bonchev–Trinajstić information content (AvgIpc) is 3.33.